The van der Waals surface area contributed by atoms with Gasteiger partial charge in [-0.1, -0.05) is 19.9 Å². The molecule has 3 heterocycles. The third-order valence-corrected chi connectivity index (χ3v) is 7.42. The van der Waals surface area contributed by atoms with Crippen molar-refractivity contribution in [2.75, 3.05) is 41.8 Å². The number of halogens is 2. The van der Waals surface area contributed by atoms with E-state index in [2.05, 4.69) is 29.6 Å². The van der Waals surface area contributed by atoms with Crippen molar-refractivity contribution >= 4 is 29.2 Å². The molecule has 40 heavy (non-hydrogen) atoms. The molecule has 5 rings (SSSR count). The number of nitrogens with one attached hydrogen (secondary N) is 3. The third-order valence-electron chi connectivity index (χ3n) is 7.42. The van der Waals surface area contributed by atoms with Crippen molar-refractivity contribution in [3.05, 3.63) is 75.7 Å². The molecule has 0 spiro atoms. The third kappa shape index (κ3) is 5.19. The van der Waals surface area contributed by atoms with Gasteiger partial charge in [-0.3, -0.25) is 9.59 Å². The highest BCUT2D eigenvalue weighted by molar-refractivity contribution is 6.08. The summed E-state index contributed by atoms with van der Waals surface area (Å²) in [6.45, 7) is 6.42. The van der Waals surface area contributed by atoms with E-state index in [1.807, 2.05) is 4.90 Å². The van der Waals surface area contributed by atoms with Crippen LogP contribution in [0.25, 0.3) is 5.69 Å². The average molecular weight is 552 g/mol. The number of rotatable bonds is 7. The van der Waals surface area contributed by atoms with E-state index in [1.54, 1.807) is 12.1 Å². The van der Waals surface area contributed by atoms with Crippen LogP contribution in [0.15, 0.2) is 47.3 Å². The molecule has 1 aromatic heterocycles. The van der Waals surface area contributed by atoms with Crippen molar-refractivity contribution in [2.24, 2.45) is 11.1 Å². The molecule has 2 atom stereocenters. The molecule has 2 saturated heterocycles. The SMILES string of the molecule is CC1(C)CN(c2c(NC(=O)c3ccc(=O)n(-c4c(F)cccc4F)n3)ccc(N[C@@H]3CCOC3)c2C=N)C[C@H]1N. The monoisotopic (exact) mass is 551 g/mol. The van der Waals surface area contributed by atoms with Gasteiger partial charge in [0.2, 0.25) is 0 Å². The lowest BCUT2D eigenvalue weighted by atomic mass is 9.89. The van der Waals surface area contributed by atoms with E-state index in [-0.39, 0.29) is 23.2 Å². The molecule has 2 aliphatic heterocycles. The summed E-state index contributed by atoms with van der Waals surface area (Å²) in [7, 11) is 0. The summed E-state index contributed by atoms with van der Waals surface area (Å²) in [6.07, 6.45) is 2.07. The van der Waals surface area contributed by atoms with E-state index < -0.39 is 28.8 Å². The number of hydrogen-bond donors (Lipinski definition) is 4. The van der Waals surface area contributed by atoms with Crippen LogP contribution in [0.1, 0.15) is 36.3 Å². The molecular formula is C28H31F2N7O3. The predicted octanol–water partition coefficient (Wildman–Crippen LogP) is 3.13. The Morgan fingerprint density at radius 2 is 1.88 bits per heavy atom. The first-order valence-corrected chi connectivity index (χ1v) is 13.0. The number of anilines is 3. The van der Waals surface area contributed by atoms with Gasteiger partial charge in [0.25, 0.3) is 11.5 Å². The van der Waals surface area contributed by atoms with Gasteiger partial charge in [0.1, 0.15) is 11.4 Å². The standard InChI is InChI=1S/C28H31F2N7O3/c1-28(2)15-36(13-23(28)32)25-17(12-31)20(33-16-10-11-40-14-16)6-7-21(25)34-27(39)22-8-9-24(38)37(35-22)26-18(29)4-3-5-19(26)30/h3-9,12,16,23,31,33H,10-11,13-15,32H2,1-2H3,(H,34,39)/t16-,23-/m1/s1. The maximum absolute atomic E-state index is 14.4. The highest BCUT2D eigenvalue weighted by atomic mass is 19.1. The van der Waals surface area contributed by atoms with Gasteiger partial charge in [-0.15, -0.1) is 0 Å². The smallest absolute Gasteiger partial charge is 0.276 e. The first-order chi connectivity index (χ1) is 19.1. The zero-order valence-corrected chi connectivity index (χ0v) is 22.2. The number of nitrogens with zero attached hydrogens (tertiary/aromatic N) is 3. The Balaban J connectivity index is 1.53. The molecule has 0 unspecified atom stereocenters. The minimum atomic E-state index is -0.992. The molecule has 10 nitrogen and oxygen atoms in total. The number of nitrogens with two attached hydrogens (primary N) is 1. The van der Waals surface area contributed by atoms with Gasteiger partial charge >= 0.3 is 0 Å². The Labute approximate surface area is 229 Å². The van der Waals surface area contributed by atoms with Crippen LogP contribution in [0.4, 0.5) is 25.8 Å². The van der Waals surface area contributed by atoms with Gasteiger partial charge in [0.05, 0.1) is 24.0 Å². The number of amides is 1. The van der Waals surface area contributed by atoms with Crippen molar-refractivity contribution in [1.82, 2.24) is 9.78 Å². The van der Waals surface area contributed by atoms with Crippen LogP contribution in [0, 0.1) is 22.5 Å². The topological polar surface area (TPSA) is 138 Å². The van der Waals surface area contributed by atoms with Crippen LogP contribution in [-0.2, 0) is 4.74 Å². The second-order valence-corrected chi connectivity index (χ2v) is 10.7. The van der Waals surface area contributed by atoms with Crippen LogP contribution in [-0.4, -0.2) is 60.3 Å². The summed E-state index contributed by atoms with van der Waals surface area (Å²) >= 11 is 0. The Morgan fingerprint density at radius 1 is 1.15 bits per heavy atom. The molecule has 12 heteroatoms. The molecule has 2 aromatic carbocycles. The Kier molecular flexibility index (Phi) is 7.39. The number of aromatic nitrogens is 2. The van der Waals surface area contributed by atoms with Gasteiger partial charge in [-0.2, -0.15) is 9.78 Å². The second-order valence-electron chi connectivity index (χ2n) is 10.7. The molecule has 5 N–H and O–H groups in total. The predicted molar refractivity (Wildman–Crippen MR) is 149 cm³/mol. The zero-order chi connectivity index (χ0) is 28.6. The molecule has 2 fully saturated rings. The van der Waals surface area contributed by atoms with Gasteiger partial charge in [-0.25, -0.2) is 8.78 Å². The second kappa shape index (κ2) is 10.8. The fourth-order valence-electron chi connectivity index (χ4n) is 5.09. The lowest BCUT2D eigenvalue weighted by Gasteiger charge is -2.28. The van der Waals surface area contributed by atoms with E-state index in [4.69, 9.17) is 15.9 Å². The molecule has 0 aliphatic carbocycles. The maximum atomic E-state index is 14.4. The van der Waals surface area contributed by atoms with Crippen molar-refractivity contribution in [3.63, 3.8) is 0 Å². The van der Waals surface area contributed by atoms with Gasteiger partial charge in [0, 0.05) is 49.3 Å². The number of para-hydroxylation sites is 1. The van der Waals surface area contributed by atoms with Crippen LogP contribution >= 0.6 is 0 Å². The van der Waals surface area contributed by atoms with Crippen molar-refractivity contribution in [2.45, 2.75) is 32.4 Å². The van der Waals surface area contributed by atoms with Gasteiger partial charge < -0.3 is 31.4 Å². The Hall–Kier alpha value is -4.16. The number of hydrogen-bond acceptors (Lipinski definition) is 8. The number of ether oxygens (including phenoxy) is 1. The number of carbonyl (C=O) groups is 1. The summed E-state index contributed by atoms with van der Waals surface area (Å²) in [4.78, 5) is 27.8. The normalized spacial score (nSPS) is 20.0. The highest BCUT2D eigenvalue weighted by Crippen LogP contribution is 2.40. The molecular weight excluding hydrogens is 520 g/mol. The van der Waals surface area contributed by atoms with Crippen LogP contribution in [0.5, 0.6) is 0 Å². The first-order valence-electron chi connectivity index (χ1n) is 13.0. The van der Waals surface area contributed by atoms with Gasteiger partial charge in [0.15, 0.2) is 11.6 Å². The Bertz CT molecular complexity index is 1500. The minimum Gasteiger partial charge on any atom is -0.379 e. The first kappa shape index (κ1) is 27.4. The molecule has 0 radical (unpaired) electrons. The van der Waals surface area contributed by atoms with Crippen molar-refractivity contribution in [1.29, 1.82) is 5.41 Å². The van der Waals surface area contributed by atoms with Crippen LogP contribution < -0.4 is 26.8 Å². The maximum Gasteiger partial charge on any atom is 0.276 e. The van der Waals surface area contributed by atoms with E-state index in [0.717, 1.165) is 30.3 Å². The zero-order valence-electron chi connectivity index (χ0n) is 22.2. The molecule has 2 aliphatic rings. The van der Waals surface area contributed by atoms with Gasteiger partial charge in [-0.05, 0) is 42.2 Å². The van der Waals surface area contributed by atoms with E-state index >= 15 is 0 Å². The minimum absolute atomic E-state index is 0.0910. The summed E-state index contributed by atoms with van der Waals surface area (Å²) in [5.74, 6) is -2.68. The fraction of sp³-hybridized carbons (Fsp3) is 0.357. The average Bonchev–Trinajstić information content (AvgIpc) is 3.52. The lowest BCUT2D eigenvalue weighted by Crippen LogP contribution is -2.35. The molecule has 0 saturated carbocycles. The molecule has 1 amide bonds. The Morgan fingerprint density at radius 3 is 2.50 bits per heavy atom. The lowest BCUT2D eigenvalue weighted by molar-refractivity contribution is 0.102. The molecule has 0 bridgehead atoms. The van der Waals surface area contributed by atoms with Crippen LogP contribution in [0.2, 0.25) is 0 Å². The largest absolute Gasteiger partial charge is 0.379 e. The van der Waals surface area contributed by atoms with E-state index in [9.17, 15) is 18.4 Å². The van der Waals surface area contributed by atoms with Crippen LogP contribution in [0.3, 0.4) is 0 Å². The number of benzene rings is 2. The van der Waals surface area contributed by atoms with E-state index in [0.29, 0.717) is 47.9 Å². The highest BCUT2D eigenvalue weighted by Gasteiger charge is 2.39. The summed E-state index contributed by atoms with van der Waals surface area (Å²) in [6, 6.07) is 8.83. The summed E-state index contributed by atoms with van der Waals surface area (Å²) in [5.41, 5.74) is 6.82. The quantitative estimate of drug-likeness (QED) is 0.331. The summed E-state index contributed by atoms with van der Waals surface area (Å²) < 4.78 is 34.8. The molecule has 3 aromatic rings. The molecule has 210 valence electrons. The fourth-order valence-corrected chi connectivity index (χ4v) is 5.09. The van der Waals surface area contributed by atoms with Crippen molar-refractivity contribution in [3.8, 4) is 5.69 Å². The van der Waals surface area contributed by atoms with E-state index in [1.165, 1.54) is 18.3 Å². The number of carbonyl (C=O) groups excluding carboxylic acids is 1. The van der Waals surface area contributed by atoms with Crippen molar-refractivity contribution < 1.29 is 18.3 Å². The summed E-state index contributed by atoms with van der Waals surface area (Å²) in [5, 5.41) is 18.5.